The molecule has 0 saturated carbocycles. The molecular weight excluding hydrogens is 456 g/mol. The number of rotatable bonds is 3. The number of anilines is 1. The maximum atomic E-state index is 14.6. The van der Waals surface area contributed by atoms with Crippen LogP contribution >= 0.6 is 11.6 Å². The van der Waals surface area contributed by atoms with E-state index >= 15 is 0 Å². The number of nitrogens with two attached hydrogens (primary N) is 1. The number of hydrogen-bond donors (Lipinski definition) is 1. The second kappa shape index (κ2) is 8.98. The van der Waals surface area contributed by atoms with Crippen molar-refractivity contribution in [2.75, 3.05) is 18.0 Å². The molecule has 0 aliphatic carbocycles. The Bertz CT molecular complexity index is 1420. The fourth-order valence-corrected chi connectivity index (χ4v) is 4.52. The van der Waals surface area contributed by atoms with Crippen LogP contribution in [0.5, 0.6) is 0 Å². The van der Waals surface area contributed by atoms with Gasteiger partial charge in [0.05, 0.1) is 22.8 Å². The van der Waals surface area contributed by atoms with Crippen LogP contribution in [-0.2, 0) is 0 Å². The van der Waals surface area contributed by atoms with Crippen molar-refractivity contribution in [2.45, 2.75) is 18.9 Å². The Hall–Kier alpha value is -3.60. The van der Waals surface area contributed by atoms with Gasteiger partial charge in [0.15, 0.2) is 0 Å². The minimum absolute atomic E-state index is 0.0637. The number of aromatic nitrogens is 2. The van der Waals surface area contributed by atoms with E-state index < -0.39 is 11.6 Å². The van der Waals surface area contributed by atoms with E-state index in [2.05, 4.69) is 9.74 Å². The van der Waals surface area contributed by atoms with Crippen LogP contribution in [0, 0.1) is 18.2 Å². The highest BCUT2D eigenvalue weighted by atomic mass is 35.5. The molecule has 1 aromatic heterocycles. The zero-order valence-corrected chi connectivity index (χ0v) is 18.9. The molecule has 0 radical (unpaired) electrons. The minimum Gasteiger partial charge on any atom is -0.341 e. The number of nitrogens with zero attached hydrogens (tertiary/aromatic N) is 4. The van der Waals surface area contributed by atoms with Crippen LogP contribution in [0.15, 0.2) is 54.6 Å². The lowest BCUT2D eigenvalue weighted by molar-refractivity contribution is 0.496. The number of halogens is 3. The van der Waals surface area contributed by atoms with E-state index in [4.69, 9.17) is 33.9 Å². The van der Waals surface area contributed by atoms with Crippen LogP contribution in [-0.4, -0.2) is 29.1 Å². The lowest BCUT2D eigenvalue weighted by atomic mass is 9.99. The standard InChI is InChI=1S/C26H20ClF2N5/c1-31-23-8-6-16(14-21(23)29)25-18-13-15(24-19(27)3-2-4-20(24)28)5-7-22(18)32-26(33-25)34-11-9-17(30)10-12-34/h2-8,13-14,17H,9-12,30H2. The lowest BCUT2D eigenvalue weighted by Gasteiger charge is -2.30. The monoisotopic (exact) mass is 475 g/mol. The Balaban J connectivity index is 1.72. The highest BCUT2D eigenvalue weighted by Gasteiger charge is 2.21. The van der Waals surface area contributed by atoms with Gasteiger partial charge in [-0.1, -0.05) is 35.9 Å². The third-order valence-electron chi connectivity index (χ3n) is 6.10. The normalized spacial score (nSPS) is 14.4. The zero-order valence-electron chi connectivity index (χ0n) is 18.1. The smallest absolute Gasteiger partial charge is 0.226 e. The lowest BCUT2D eigenvalue weighted by Crippen LogP contribution is -2.40. The molecule has 1 aliphatic rings. The summed E-state index contributed by atoms with van der Waals surface area (Å²) in [6.07, 6.45) is 1.66. The fourth-order valence-electron chi connectivity index (χ4n) is 4.25. The van der Waals surface area contributed by atoms with E-state index in [-0.39, 0.29) is 22.3 Å². The van der Waals surface area contributed by atoms with Gasteiger partial charge in [-0.3, -0.25) is 0 Å². The van der Waals surface area contributed by atoms with Crippen molar-refractivity contribution in [3.05, 3.63) is 82.7 Å². The fraction of sp³-hybridized carbons (Fsp3) is 0.192. The summed E-state index contributed by atoms with van der Waals surface area (Å²) in [4.78, 5) is 14.8. The number of fused-ring (bicyclic) bond motifs is 1. The van der Waals surface area contributed by atoms with E-state index in [1.165, 1.54) is 18.2 Å². The largest absolute Gasteiger partial charge is 0.341 e. The molecule has 170 valence electrons. The summed E-state index contributed by atoms with van der Waals surface area (Å²) in [5, 5.41) is 0.916. The van der Waals surface area contributed by atoms with Gasteiger partial charge in [0.25, 0.3) is 0 Å². The van der Waals surface area contributed by atoms with Crippen LogP contribution in [0.3, 0.4) is 0 Å². The Kier molecular flexibility index (Phi) is 5.86. The quantitative estimate of drug-likeness (QED) is 0.349. The molecule has 0 atom stereocenters. The third kappa shape index (κ3) is 4.07. The summed E-state index contributed by atoms with van der Waals surface area (Å²) >= 11 is 6.30. The van der Waals surface area contributed by atoms with Gasteiger partial charge in [-0.05, 0) is 48.7 Å². The molecule has 5 rings (SSSR count). The van der Waals surface area contributed by atoms with Crippen LogP contribution < -0.4 is 10.6 Å². The molecule has 1 aliphatic heterocycles. The molecule has 5 nitrogen and oxygen atoms in total. The average molecular weight is 476 g/mol. The first-order valence-electron chi connectivity index (χ1n) is 10.9. The molecular formula is C26H20ClF2N5. The van der Waals surface area contributed by atoms with Gasteiger partial charge >= 0.3 is 0 Å². The molecule has 1 fully saturated rings. The number of benzene rings is 3. The average Bonchev–Trinajstić information content (AvgIpc) is 2.83. The van der Waals surface area contributed by atoms with Gasteiger partial charge in [0, 0.05) is 35.6 Å². The summed E-state index contributed by atoms with van der Waals surface area (Å²) in [7, 11) is 0. The van der Waals surface area contributed by atoms with E-state index in [1.54, 1.807) is 36.4 Å². The predicted molar refractivity (Wildman–Crippen MR) is 131 cm³/mol. The van der Waals surface area contributed by atoms with Crippen molar-refractivity contribution < 1.29 is 8.78 Å². The third-order valence-corrected chi connectivity index (χ3v) is 6.41. The molecule has 8 heteroatoms. The van der Waals surface area contributed by atoms with Gasteiger partial charge in [-0.2, -0.15) is 0 Å². The van der Waals surface area contributed by atoms with E-state index in [1.807, 2.05) is 0 Å². The predicted octanol–water partition coefficient (Wildman–Crippen LogP) is 6.37. The number of hydrogen-bond acceptors (Lipinski definition) is 4. The summed E-state index contributed by atoms with van der Waals surface area (Å²) in [5.74, 6) is -0.540. The number of piperidine rings is 1. The van der Waals surface area contributed by atoms with E-state index in [0.29, 0.717) is 33.7 Å². The van der Waals surface area contributed by atoms with Gasteiger partial charge < -0.3 is 10.6 Å². The summed E-state index contributed by atoms with van der Waals surface area (Å²) in [6.45, 7) is 8.58. The highest BCUT2D eigenvalue weighted by molar-refractivity contribution is 6.33. The van der Waals surface area contributed by atoms with E-state index in [9.17, 15) is 8.78 Å². The summed E-state index contributed by atoms with van der Waals surface area (Å²) in [5.41, 5.74) is 8.47. The molecule has 2 N–H and O–H groups in total. The Labute approximate surface area is 200 Å². The Morgan fingerprint density at radius 1 is 0.971 bits per heavy atom. The van der Waals surface area contributed by atoms with Crippen LogP contribution in [0.2, 0.25) is 5.02 Å². The molecule has 3 aromatic carbocycles. The summed E-state index contributed by atoms with van der Waals surface area (Å²) < 4.78 is 29.2. The van der Waals surface area contributed by atoms with Gasteiger partial charge in [-0.25, -0.2) is 23.6 Å². The van der Waals surface area contributed by atoms with Crippen LogP contribution in [0.25, 0.3) is 38.1 Å². The second-order valence-corrected chi connectivity index (χ2v) is 8.71. The van der Waals surface area contributed by atoms with Gasteiger partial charge in [0.2, 0.25) is 11.6 Å². The first-order valence-corrected chi connectivity index (χ1v) is 11.3. The molecule has 0 spiro atoms. The van der Waals surface area contributed by atoms with Crippen LogP contribution in [0.1, 0.15) is 12.8 Å². The van der Waals surface area contributed by atoms with Crippen LogP contribution in [0.4, 0.5) is 20.4 Å². The van der Waals surface area contributed by atoms with Crippen molar-refractivity contribution in [3.8, 4) is 22.4 Å². The van der Waals surface area contributed by atoms with Gasteiger partial charge in [0.1, 0.15) is 11.6 Å². The summed E-state index contributed by atoms with van der Waals surface area (Å²) in [6, 6.07) is 14.4. The molecule has 4 aromatic rings. The minimum atomic E-state index is -0.627. The van der Waals surface area contributed by atoms with Crippen molar-refractivity contribution in [1.82, 2.24) is 9.97 Å². The molecule has 0 unspecified atom stereocenters. The first-order chi connectivity index (χ1) is 16.4. The van der Waals surface area contributed by atoms with E-state index in [0.717, 1.165) is 25.9 Å². The molecule has 34 heavy (non-hydrogen) atoms. The van der Waals surface area contributed by atoms with Crippen molar-refractivity contribution in [1.29, 1.82) is 0 Å². The maximum Gasteiger partial charge on any atom is 0.226 e. The second-order valence-electron chi connectivity index (χ2n) is 8.30. The Morgan fingerprint density at radius 3 is 2.44 bits per heavy atom. The first kappa shape index (κ1) is 22.2. The van der Waals surface area contributed by atoms with Gasteiger partial charge in [-0.15, -0.1) is 0 Å². The molecule has 1 saturated heterocycles. The van der Waals surface area contributed by atoms with Crippen molar-refractivity contribution in [3.63, 3.8) is 0 Å². The highest BCUT2D eigenvalue weighted by Crippen LogP contribution is 2.36. The van der Waals surface area contributed by atoms with Crippen molar-refractivity contribution in [2.24, 2.45) is 5.73 Å². The van der Waals surface area contributed by atoms with Crippen molar-refractivity contribution >= 4 is 34.1 Å². The Morgan fingerprint density at radius 2 is 1.74 bits per heavy atom. The molecule has 0 bridgehead atoms. The SMILES string of the molecule is [C-]#[N+]c1ccc(-c2nc(N3CCC(N)CC3)nc3ccc(-c4c(F)cccc4Cl)cc23)cc1F. The maximum absolute atomic E-state index is 14.6. The topological polar surface area (TPSA) is 59.4 Å². The molecule has 0 amide bonds. The zero-order chi connectivity index (χ0) is 23.8. The molecule has 2 heterocycles.